The van der Waals surface area contributed by atoms with Gasteiger partial charge in [0.2, 0.25) is 5.75 Å². The maximum absolute atomic E-state index is 13.0. The van der Waals surface area contributed by atoms with Crippen molar-refractivity contribution in [3.8, 4) is 23.0 Å². The molecular weight excluding hydrogens is 390 g/mol. The van der Waals surface area contributed by atoms with Crippen LogP contribution in [0.1, 0.15) is 18.1 Å². The van der Waals surface area contributed by atoms with Crippen molar-refractivity contribution >= 4 is 18.2 Å². The molecule has 0 radical (unpaired) electrons. The third-order valence-corrected chi connectivity index (χ3v) is 4.85. The molecule has 2 aromatic rings. The number of ether oxygens (including phenoxy) is 4. The van der Waals surface area contributed by atoms with Crippen LogP contribution in [0.25, 0.3) is 0 Å². The van der Waals surface area contributed by atoms with Crippen molar-refractivity contribution in [2.75, 3.05) is 28.4 Å². The van der Waals surface area contributed by atoms with Crippen molar-refractivity contribution in [2.24, 2.45) is 5.10 Å². The summed E-state index contributed by atoms with van der Waals surface area (Å²) in [5.74, 6) is 1.44. The smallest absolute Gasteiger partial charge is 0.346 e. The number of methoxy groups -OCH3 is 4. The summed E-state index contributed by atoms with van der Waals surface area (Å²) in [5, 5.41) is 7.58. The molecule has 2 aromatic carbocycles. The predicted octanol–water partition coefficient (Wildman–Crippen LogP) is 2.52. The highest BCUT2D eigenvalue weighted by atomic mass is 16.5. The van der Waals surface area contributed by atoms with Crippen LogP contribution in [0.3, 0.4) is 0 Å². The maximum Gasteiger partial charge on any atom is 0.346 e. The molecule has 1 heterocycles. The van der Waals surface area contributed by atoms with E-state index >= 15 is 0 Å². The number of hydrogen-bond donors (Lipinski definition) is 1. The topological polar surface area (TPSA) is 98.7 Å². The Morgan fingerprint density at radius 1 is 0.933 bits per heavy atom. The summed E-state index contributed by atoms with van der Waals surface area (Å²) < 4.78 is 21.0. The molecule has 1 atom stereocenters. The van der Waals surface area contributed by atoms with Gasteiger partial charge >= 0.3 is 6.03 Å². The SMILES string of the molecule is COc1ccc([C@@]2(C)NC(=O)N(/N=C\c3cc(OC)c(OC)c(OC)c3)C2=O)cc1. The van der Waals surface area contributed by atoms with E-state index < -0.39 is 17.5 Å². The second-order valence-electron chi connectivity index (χ2n) is 6.60. The summed E-state index contributed by atoms with van der Waals surface area (Å²) in [6.07, 6.45) is 1.38. The lowest BCUT2D eigenvalue weighted by molar-refractivity contribution is -0.131. The number of nitrogens with zero attached hydrogens (tertiary/aromatic N) is 2. The van der Waals surface area contributed by atoms with E-state index in [1.807, 2.05) is 0 Å². The van der Waals surface area contributed by atoms with Gasteiger partial charge < -0.3 is 24.3 Å². The zero-order valence-electron chi connectivity index (χ0n) is 17.4. The van der Waals surface area contributed by atoms with Gasteiger partial charge in [0.1, 0.15) is 11.3 Å². The fraction of sp³-hybridized carbons (Fsp3) is 0.286. The van der Waals surface area contributed by atoms with Gasteiger partial charge in [-0.1, -0.05) is 12.1 Å². The van der Waals surface area contributed by atoms with E-state index in [2.05, 4.69) is 10.4 Å². The Labute approximate surface area is 174 Å². The van der Waals surface area contributed by atoms with Gasteiger partial charge in [-0.3, -0.25) is 4.79 Å². The Morgan fingerprint density at radius 3 is 2.03 bits per heavy atom. The van der Waals surface area contributed by atoms with Gasteiger partial charge in [0.05, 0.1) is 34.7 Å². The average Bonchev–Trinajstić information content (AvgIpc) is 3.00. The lowest BCUT2D eigenvalue weighted by atomic mass is 9.92. The van der Waals surface area contributed by atoms with Crippen LogP contribution in [0.15, 0.2) is 41.5 Å². The molecule has 0 aliphatic carbocycles. The summed E-state index contributed by atoms with van der Waals surface area (Å²) >= 11 is 0. The highest BCUT2D eigenvalue weighted by Crippen LogP contribution is 2.38. The Morgan fingerprint density at radius 2 is 1.53 bits per heavy atom. The second-order valence-corrected chi connectivity index (χ2v) is 6.60. The summed E-state index contributed by atoms with van der Waals surface area (Å²) in [6, 6.07) is 9.59. The number of carbonyl (C=O) groups excluding carboxylic acids is 2. The standard InChI is InChI=1S/C21H23N3O6/c1-21(14-6-8-15(27-2)9-7-14)19(25)24(20(26)23-21)22-12-13-10-16(28-3)18(30-5)17(11-13)29-4/h6-12H,1-5H3,(H,23,26)/b22-12-/t21-/m1/s1. The first kappa shape index (κ1) is 21.0. The van der Waals surface area contributed by atoms with Gasteiger partial charge in [0, 0.05) is 5.56 Å². The molecule has 3 rings (SSSR count). The first-order chi connectivity index (χ1) is 14.4. The minimum absolute atomic E-state index is 0.429. The molecule has 3 amide bonds. The lowest BCUT2D eigenvalue weighted by Gasteiger charge is -2.21. The molecule has 1 saturated heterocycles. The number of imide groups is 1. The van der Waals surface area contributed by atoms with Gasteiger partial charge in [-0.15, -0.1) is 5.01 Å². The third kappa shape index (κ3) is 3.61. The zero-order valence-corrected chi connectivity index (χ0v) is 17.4. The Bertz CT molecular complexity index is 964. The summed E-state index contributed by atoms with van der Waals surface area (Å²) in [7, 11) is 6.05. The fourth-order valence-electron chi connectivity index (χ4n) is 3.15. The van der Waals surface area contributed by atoms with Crippen LogP contribution in [0.5, 0.6) is 23.0 Å². The number of amides is 3. The molecule has 1 fully saturated rings. The highest BCUT2D eigenvalue weighted by molar-refractivity contribution is 6.07. The largest absolute Gasteiger partial charge is 0.497 e. The van der Waals surface area contributed by atoms with E-state index in [-0.39, 0.29) is 0 Å². The van der Waals surface area contributed by atoms with Crippen LogP contribution < -0.4 is 24.3 Å². The number of rotatable bonds is 7. The van der Waals surface area contributed by atoms with Gasteiger partial charge in [0.25, 0.3) is 5.91 Å². The number of hydrazone groups is 1. The molecule has 0 spiro atoms. The number of nitrogens with one attached hydrogen (secondary N) is 1. The Balaban J connectivity index is 1.89. The molecule has 0 unspecified atom stereocenters. The van der Waals surface area contributed by atoms with Gasteiger partial charge in [-0.2, -0.15) is 5.10 Å². The third-order valence-electron chi connectivity index (χ3n) is 4.85. The first-order valence-electron chi connectivity index (χ1n) is 9.03. The molecule has 1 N–H and O–H groups in total. The van der Waals surface area contributed by atoms with E-state index in [1.54, 1.807) is 50.4 Å². The second kappa shape index (κ2) is 8.32. The Hall–Kier alpha value is -3.75. The van der Waals surface area contributed by atoms with Crippen LogP contribution in [0, 0.1) is 0 Å². The normalized spacial score (nSPS) is 18.5. The van der Waals surface area contributed by atoms with Crippen LogP contribution in [0.4, 0.5) is 4.79 Å². The van der Waals surface area contributed by atoms with Crippen molar-refractivity contribution in [3.63, 3.8) is 0 Å². The van der Waals surface area contributed by atoms with Gasteiger partial charge in [-0.05, 0) is 36.8 Å². The average molecular weight is 413 g/mol. The first-order valence-corrected chi connectivity index (χ1v) is 9.03. The summed E-state index contributed by atoms with van der Waals surface area (Å²) in [6.45, 7) is 1.63. The summed E-state index contributed by atoms with van der Waals surface area (Å²) in [4.78, 5) is 25.4. The monoisotopic (exact) mass is 413 g/mol. The van der Waals surface area contributed by atoms with Gasteiger partial charge in [0.15, 0.2) is 11.5 Å². The van der Waals surface area contributed by atoms with Crippen LogP contribution in [-0.4, -0.2) is 51.6 Å². The van der Waals surface area contributed by atoms with Crippen molar-refractivity contribution in [3.05, 3.63) is 47.5 Å². The predicted molar refractivity (Wildman–Crippen MR) is 109 cm³/mol. The Kier molecular flexibility index (Phi) is 5.81. The van der Waals surface area contributed by atoms with Crippen molar-refractivity contribution in [1.29, 1.82) is 0 Å². The molecular formula is C21H23N3O6. The molecule has 0 bridgehead atoms. The number of carbonyl (C=O) groups is 2. The van der Waals surface area contributed by atoms with E-state index in [0.717, 1.165) is 5.01 Å². The number of hydrogen-bond acceptors (Lipinski definition) is 7. The van der Waals surface area contributed by atoms with E-state index in [9.17, 15) is 9.59 Å². The maximum atomic E-state index is 13.0. The molecule has 9 heteroatoms. The zero-order chi connectivity index (χ0) is 21.9. The quantitative estimate of drug-likeness (QED) is 0.553. The van der Waals surface area contributed by atoms with Crippen molar-refractivity contribution in [2.45, 2.75) is 12.5 Å². The lowest BCUT2D eigenvalue weighted by Crippen LogP contribution is -2.40. The molecule has 30 heavy (non-hydrogen) atoms. The van der Waals surface area contributed by atoms with Crippen LogP contribution in [0.2, 0.25) is 0 Å². The fourth-order valence-corrected chi connectivity index (χ4v) is 3.15. The molecule has 0 aromatic heterocycles. The van der Waals surface area contributed by atoms with E-state index in [1.165, 1.54) is 27.5 Å². The summed E-state index contributed by atoms with van der Waals surface area (Å²) in [5.41, 5.74) is -0.0639. The van der Waals surface area contributed by atoms with E-state index in [0.29, 0.717) is 34.1 Å². The molecule has 1 aliphatic rings. The number of urea groups is 1. The van der Waals surface area contributed by atoms with Crippen molar-refractivity contribution < 1.29 is 28.5 Å². The van der Waals surface area contributed by atoms with Gasteiger partial charge in [-0.25, -0.2) is 4.79 Å². The van der Waals surface area contributed by atoms with Crippen LogP contribution >= 0.6 is 0 Å². The van der Waals surface area contributed by atoms with E-state index in [4.69, 9.17) is 18.9 Å². The van der Waals surface area contributed by atoms with Crippen LogP contribution in [-0.2, 0) is 10.3 Å². The minimum atomic E-state index is -1.24. The van der Waals surface area contributed by atoms with Crippen molar-refractivity contribution in [1.82, 2.24) is 10.3 Å². The molecule has 0 saturated carbocycles. The number of benzene rings is 2. The minimum Gasteiger partial charge on any atom is -0.497 e. The highest BCUT2D eigenvalue weighted by Gasteiger charge is 2.49. The molecule has 1 aliphatic heterocycles. The molecule has 9 nitrogen and oxygen atoms in total. The molecule has 158 valence electrons.